The maximum Gasteiger partial charge on any atom is 0.151 e. The van der Waals surface area contributed by atoms with E-state index in [1.807, 2.05) is 0 Å². The second-order valence-corrected chi connectivity index (χ2v) is 5.78. The Hall–Kier alpha value is -0.990. The summed E-state index contributed by atoms with van der Waals surface area (Å²) in [7, 11) is 0. The molecule has 0 unspecified atom stereocenters. The Bertz CT molecular complexity index is 357. The van der Waals surface area contributed by atoms with Gasteiger partial charge >= 0.3 is 0 Å². The van der Waals surface area contributed by atoms with Crippen molar-refractivity contribution in [1.29, 1.82) is 0 Å². The quantitative estimate of drug-likeness (QED) is 0.845. The van der Waals surface area contributed by atoms with Crippen LogP contribution in [-0.4, -0.2) is 16.7 Å². The molecule has 0 aliphatic heterocycles. The largest absolute Gasteiger partial charge is 0.368 e. The highest BCUT2D eigenvalue weighted by molar-refractivity contribution is 5.46. The molecule has 1 aromatic rings. The lowest BCUT2D eigenvalue weighted by atomic mass is 9.99. The van der Waals surface area contributed by atoms with Crippen molar-refractivity contribution in [3.05, 3.63) is 11.3 Å². The highest BCUT2D eigenvalue weighted by atomic mass is 15.2. The van der Waals surface area contributed by atoms with Crippen LogP contribution in [0, 0.1) is 0 Å². The minimum absolute atomic E-state index is 1.03. The van der Waals surface area contributed by atoms with Crippen molar-refractivity contribution in [2.45, 2.75) is 77.6 Å². The van der Waals surface area contributed by atoms with E-state index in [0.717, 1.165) is 18.8 Å². The summed E-state index contributed by atoms with van der Waals surface area (Å²) in [6.07, 6.45) is 14.6. The van der Waals surface area contributed by atoms with Gasteiger partial charge in [0.2, 0.25) is 0 Å². The first-order chi connectivity index (χ1) is 9.42. The van der Waals surface area contributed by atoms with Gasteiger partial charge in [-0.2, -0.15) is 5.10 Å². The number of aromatic nitrogens is 2. The summed E-state index contributed by atoms with van der Waals surface area (Å²) in [6, 6.07) is 0. The van der Waals surface area contributed by atoms with Gasteiger partial charge in [-0.15, -0.1) is 0 Å². The van der Waals surface area contributed by atoms with E-state index >= 15 is 0 Å². The van der Waals surface area contributed by atoms with Gasteiger partial charge in [-0.1, -0.05) is 45.4 Å². The highest BCUT2D eigenvalue weighted by Gasteiger charge is 2.12. The van der Waals surface area contributed by atoms with E-state index in [-0.39, 0.29) is 0 Å². The first-order valence-electron chi connectivity index (χ1n) is 8.21. The zero-order valence-electron chi connectivity index (χ0n) is 12.4. The van der Waals surface area contributed by atoms with E-state index < -0.39 is 0 Å². The molecule has 2 N–H and O–H groups in total. The Labute approximate surface area is 117 Å². The normalized spacial score (nSPS) is 18.2. The van der Waals surface area contributed by atoms with Gasteiger partial charge in [0, 0.05) is 17.8 Å². The van der Waals surface area contributed by atoms with Crippen molar-refractivity contribution < 1.29 is 0 Å². The third-order valence-electron chi connectivity index (χ3n) is 4.10. The molecular weight excluding hydrogens is 234 g/mol. The Kier molecular flexibility index (Phi) is 6.25. The predicted octanol–water partition coefficient (Wildman–Crippen LogP) is 4.45. The molecule has 3 heteroatoms. The van der Waals surface area contributed by atoms with Gasteiger partial charge in [-0.25, -0.2) is 0 Å². The topological polar surface area (TPSA) is 40.7 Å². The van der Waals surface area contributed by atoms with Crippen molar-refractivity contribution >= 4 is 5.82 Å². The summed E-state index contributed by atoms with van der Waals surface area (Å²) < 4.78 is 0. The zero-order valence-corrected chi connectivity index (χ0v) is 12.4. The number of nitrogens with zero attached hydrogens (tertiary/aromatic N) is 1. The fraction of sp³-hybridized carbons (Fsp3) is 0.812. The Morgan fingerprint density at radius 3 is 2.26 bits per heavy atom. The second kappa shape index (κ2) is 8.23. The summed E-state index contributed by atoms with van der Waals surface area (Å²) in [5, 5.41) is 11.2. The van der Waals surface area contributed by atoms with Gasteiger partial charge < -0.3 is 5.32 Å². The van der Waals surface area contributed by atoms with E-state index in [1.165, 1.54) is 75.5 Å². The molecule has 19 heavy (non-hydrogen) atoms. The van der Waals surface area contributed by atoms with E-state index in [9.17, 15) is 0 Å². The minimum Gasteiger partial charge on any atom is -0.368 e. The van der Waals surface area contributed by atoms with Gasteiger partial charge in [0.05, 0.1) is 0 Å². The number of nitrogens with one attached hydrogen (secondary N) is 2. The van der Waals surface area contributed by atoms with E-state index in [1.54, 1.807) is 0 Å². The molecule has 0 bridgehead atoms. The van der Waals surface area contributed by atoms with Crippen LogP contribution in [0.1, 0.15) is 76.0 Å². The molecule has 108 valence electrons. The number of aromatic amines is 1. The summed E-state index contributed by atoms with van der Waals surface area (Å²) >= 11 is 0. The number of hydrogen-bond acceptors (Lipinski definition) is 2. The van der Waals surface area contributed by atoms with Crippen LogP contribution >= 0.6 is 0 Å². The zero-order chi connectivity index (χ0) is 13.3. The molecule has 0 aromatic carbocycles. The lowest BCUT2D eigenvalue weighted by Crippen LogP contribution is -2.03. The van der Waals surface area contributed by atoms with Crippen LogP contribution < -0.4 is 5.32 Å². The third-order valence-corrected chi connectivity index (χ3v) is 4.10. The molecule has 0 spiro atoms. The molecule has 0 fully saturated rings. The molecule has 0 atom stereocenters. The first-order valence-corrected chi connectivity index (χ1v) is 8.21. The lowest BCUT2D eigenvalue weighted by molar-refractivity contribution is 0.558. The van der Waals surface area contributed by atoms with Crippen molar-refractivity contribution in [3.8, 4) is 0 Å². The molecule has 3 nitrogen and oxygen atoms in total. The van der Waals surface area contributed by atoms with Crippen LogP contribution in [0.4, 0.5) is 5.82 Å². The molecule has 0 saturated heterocycles. The van der Waals surface area contributed by atoms with Gasteiger partial charge in [-0.3, -0.25) is 5.10 Å². The van der Waals surface area contributed by atoms with Crippen LogP contribution in [0.15, 0.2) is 0 Å². The van der Waals surface area contributed by atoms with Crippen LogP contribution in [0.5, 0.6) is 0 Å². The number of H-pyrrole nitrogens is 1. The fourth-order valence-corrected chi connectivity index (χ4v) is 2.93. The summed E-state index contributed by atoms with van der Waals surface area (Å²) in [6.45, 7) is 3.23. The summed E-state index contributed by atoms with van der Waals surface area (Å²) in [4.78, 5) is 0. The van der Waals surface area contributed by atoms with Gasteiger partial charge in [0.25, 0.3) is 0 Å². The maximum absolute atomic E-state index is 4.49. The van der Waals surface area contributed by atoms with E-state index in [0.29, 0.717) is 0 Å². The summed E-state index contributed by atoms with van der Waals surface area (Å²) in [5.74, 6) is 1.12. The first kappa shape index (κ1) is 14.4. The SMILES string of the molecule is CCCNc1n[nH]c2c1CCCCCCCCCC2. The average molecular weight is 263 g/mol. The molecule has 1 aliphatic carbocycles. The van der Waals surface area contributed by atoms with Crippen LogP contribution in [0.25, 0.3) is 0 Å². The highest BCUT2D eigenvalue weighted by Crippen LogP contribution is 2.23. The monoisotopic (exact) mass is 263 g/mol. The van der Waals surface area contributed by atoms with Gasteiger partial charge in [0.15, 0.2) is 5.82 Å². The lowest BCUT2D eigenvalue weighted by Gasteiger charge is -2.09. The predicted molar refractivity (Wildman–Crippen MR) is 81.7 cm³/mol. The van der Waals surface area contributed by atoms with Crippen molar-refractivity contribution in [2.75, 3.05) is 11.9 Å². The van der Waals surface area contributed by atoms with Crippen LogP contribution in [0.2, 0.25) is 0 Å². The number of fused-ring (bicyclic) bond motifs is 1. The van der Waals surface area contributed by atoms with E-state index in [2.05, 4.69) is 22.4 Å². The fourth-order valence-electron chi connectivity index (χ4n) is 2.93. The van der Waals surface area contributed by atoms with Crippen LogP contribution in [0.3, 0.4) is 0 Å². The standard InChI is InChI=1S/C16H29N3/c1-2-13-17-16-14-11-9-7-5-3-4-6-8-10-12-15(14)18-19-16/h2-13H2,1H3,(H2,17,18,19). The Morgan fingerprint density at radius 2 is 1.58 bits per heavy atom. The van der Waals surface area contributed by atoms with Gasteiger partial charge in [0.1, 0.15) is 0 Å². The Balaban J connectivity index is 2.01. The third kappa shape index (κ3) is 4.55. The van der Waals surface area contributed by atoms with Gasteiger partial charge in [-0.05, 0) is 32.1 Å². The molecule has 0 saturated carbocycles. The molecular formula is C16H29N3. The number of aryl methyl sites for hydroxylation is 1. The molecule has 0 radical (unpaired) electrons. The molecule has 1 heterocycles. The number of anilines is 1. The number of hydrogen-bond donors (Lipinski definition) is 2. The Morgan fingerprint density at radius 1 is 0.947 bits per heavy atom. The minimum atomic E-state index is 1.03. The van der Waals surface area contributed by atoms with Crippen molar-refractivity contribution in [3.63, 3.8) is 0 Å². The van der Waals surface area contributed by atoms with Crippen molar-refractivity contribution in [2.24, 2.45) is 0 Å². The summed E-state index contributed by atoms with van der Waals surface area (Å²) in [5.41, 5.74) is 2.85. The number of rotatable bonds is 3. The molecule has 2 rings (SSSR count). The van der Waals surface area contributed by atoms with Crippen molar-refractivity contribution in [1.82, 2.24) is 10.2 Å². The molecule has 1 aliphatic rings. The van der Waals surface area contributed by atoms with Crippen LogP contribution in [-0.2, 0) is 12.8 Å². The molecule has 1 aromatic heterocycles. The maximum atomic E-state index is 4.49. The average Bonchev–Trinajstić information content (AvgIpc) is 2.78. The molecule has 0 amide bonds. The second-order valence-electron chi connectivity index (χ2n) is 5.78. The smallest absolute Gasteiger partial charge is 0.151 e. The van der Waals surface area contributed by atoms with E-state index in [4.69, 9.17) is 0 Å².